The number of amides is 1. The van der Waals surface area contributed by atoms with Crippen LogP contribution in [0.15, 0.2) is 53.9 Å². The molecule has 1 aliphatic heterocycles. The number of carbonyl (C=O) groups excluding carboxylic acids is 1. The van der Waals surface area contributed by atoms with Crippen molar-refractivity contribution in [3.05, 3.63) is 65.2 Å². The Labute approximate surface area is 181 Å². The zero-order chi connectivity index (χ0) is 20.9. The lowest BCUT2D eigenvalue weighted by molar-refractivity contribution is 0.0780. The minimum atomic E-state index is -0.0561. The van der Waals surface area contributed by atoms with Crippen LogP contribution >= 0.6 is 11.3 Å². The van der Waals surface area contributed by atoms with Crippen molar-refractivity contribution in [1.82, 2.24) is 9.88 Å². The third kappa shape index (κ3) is 4.49. The SMILES string of the molecule is COc1ccc(-c2nc(C(=O)N(C)Cc3ccccc3N3CCCCC3)cs2)cc1. The van der Waals surface area contributed by atoms with E-state index in [0.717, 1.165) is 29.4 Å². The molecule has 156 valence electrons. The topological polar surface area (TPSA) is 45.7 Å². The molecule has 1 aromatic heterocycles. The molecule has 0 N–H and O–H groups in total. The third-order valence-electron chi connectivity index (χ3n) is 5.50. The minimum Gasteiger partial charge on any atom is -0.497 e. The number of hydrogen-bond acceptors (Lipinski definition) is 5. The van der Waals surface area contributed by atoms with Crippen LogP contribution in [0.1, 0.15) is 35.3 Å². The van der Waals surface area contributed by atoms with Crippen molar-refractivity contribution < 1.29 is 9.53 Å². The van der Waals surface area contributed by atoms with Crippen molar-refractivity contribution in [2.75, 3.05) is 32.1 Å². The fraction of sp³-hybridized carbons (Fsp3) is 0.333. The van der Waals surface area contributed by atoms with Crippen LogP contribution in [0.4, 0.5) is 5.69 Å². The zero-order valence-electron chi connectivity index (χ0n) is 17.5. The maximum absolute atomic E-state index is 13.0. The zero-order valence-corrected chi connectivity index (χ0v) is 18.3. The molecular weight excluding hydrogens is 394 g/mol. The van der Waals surface area contributed by atoms with Gasteiger partial charge in [-0.2, -0.15) is 0 Å². The highest BCUT2D eigenvalue weighted by Crippen LogP contribution is 2.28. The van der Waals surface area contributed by atoms with Gasteiger partial charge in [0, 0.05) is 43.3 Å². The number of thiazole rings is 1. The molecule has 6 heteroatoms. The summed E-state index contributed by atoms with van der Waals surface area (Å²) in [6, 6.07) is 16.2. The van der Waals surface area contributed by atoms with E-state index in [-0.39, 0.29) is 5.91 Å². The van der Waals surface area contributed by atoms with E-state index < -0.39 is 0 Å². The molecule has 0 aliphatic carbocycles. The summed E-state index contributed by atoms with van der Waals surface area (Å²) >= 11 is 1.49. The third-order valence-corrected chi connectivity index (χ3v) is 6.39. The van der Waals surface area contributed by atoms with Crippen LogP contribution in [-0.2, 0) is 6.54 Å². The standard InChI is InChI=1S/C24H27N3O2S/c1-26(16-19-8-4-5-9-22(19)27-14-6-3-7-15-27)24(28)21-17-30-23(25-21)18-10-12-20(29-2)13-11-18/h4-5,8-13,17H,3,6-7,14-16H2,1-2H3. The van der Waals surface area contributed by atoms with Gasteiger partial charge in [-0.1, -0.05) is 18.2 Å². The smallest absolute Gasteiger partial charge is 0.273 e. The molecule has 0 unspecified atom stereocenters. The number of para-hydroxylation sites is 1. The van der Waals surface area contributed by atoms with Crippen molar-refractivity contribution in [2.45, 2.75) is 25.8 Å². The molecular formula is C24H27N3O2S. The second kappa shape index (κ2) is 9.30. The second-order valence-corrected chi connectivity index (χ2v) is 8.46. The van der Waals surface area contributed by atoms with Gasteiger partial charge in [-0.3, -0.25) is 4.79 Å². The predicted molar refractivity (Wildman–Crippen MR) is 122 cm³/mol. The fourth-order valence-electron chi connectivity index (χ4n) is 3.85. The summed E-state index contributed by atoms with van der Waals surface area (Å²) in [4.78, 5) is 21.8. The van der Waals surface area contributed by atoms with E-state index in [9.17, 15) is 4.79 Å². The predicted octanol–water partition coefficient (Wildman–Crippen LogP) is 5.08. The average molecular weight is 422 g/mol. The Hall–Kier alpha value is -2.86. The van der Waals surface area contributed by atoms with Crippen LogP contribution in [0.25, 0.3) is 10.6 Å². The molecule has 5 nitrogen and oxygen atoms in total. The molecule has 1 aliphatic rings. The Kier molecular flexibility index (Phi) is 6.33. The maximum Gasteiger partial charge on any atom is 0.273 e. The number of anilines is 1. The van der Waals surface area contributed by atoms with Gasteiger partial charge >= 0.3 is 0 Å². The highest BCUT2D eigenvalue weighted by atomic mass is 32.1. The molecule has 30 heavy (non-hydrogen) atoms. The van der Waals surface area contributed by atoms with Crippen LogP contribution in [0.2, 0.25) is 0 Å². The fourth-order valence-corrected chi connectivity index (χ4v) is 4.65. The second-order valence-electron chi connectivity index (χ2n) is 7.60. The molecule has 1 amide bonds. The van der Waals surface area contributed by atoms with Crippen LogP contribution in [0.3, 0.4) is 0 Å². The number of carbonyl (C=O) groups is 1. The summed E-state index contributed by atoms with van der Waals surface area (Å²) in [7, 11) is 3.50. The lowest BCUT2D eigenvalue weighted by atomic mass is 10.1. The largest absolute Gasteiger partial charge is 0.497 e. The van der Waals surface area contributed by atoms with E-state index in [4.69, 9.17) is 4.74 Å². The van der Waals surface area contributed by atoms with Crippen LogP contribution in [-0.4, -0.2) is 43.0 Å². The lowest BCUT2D eigenvalue weighted by Crippen LogP contribution is -2.32. The number of nitrogens with zero attached hydrogens (tertiary/aromatic N) is 3. The normalized spacial score (nSPS) is 13.9. The van der Waals surface area contributed by atoms with Gasteiger partial charge in [0.05, 0.1) is 7.11 Å². The number of hydrogen-bond donors (Lipinski definition) is 0. The van der Waals surface area contributed by atoms with Gasteiger partial charge in [0.1, 0.15) is 16.5 Å². The summed E-state index contributed by atoms with van der Waals surface area (Å²) in [5.41, 5.74) is 3.90. The molecule has 0 bridgehead atoms. The highest BCUT2D eigenvalue weighted by Gasteiger charge is 2.19. The van der Waals surface area contributed by atoms with Gasteiger partial charge < -0.3 is 14.5 Å². The number of methoxy groups -OCH3 is 1. The van der Waals surface area contributed by atoms with Gasteiger partial charge in [0.25, 0.3) is 5.91 Å². The first-order valence-electron chi connectivity index (χ1n) is 10.3. The van der Waals surface area contributed by atoms with Crippen molar-refractivity contribution in [1.29, 1.82) is 0 Å². The van der Waals surface area contributed by atoms with Crippen LogP contribution < -0.4 is 9.64 Å². The van der Waals surface area contributed by atoms with Gasteiger partial charge in [0.15, 0.2) is 0 Å². The maximum atomic E-state index is 13.0. The minimum absolute atomic E-state index is 0.0561. The number of benzene rings is 2. The van der Waals surface area contributed by atoms with E-state index in [1.165, 1.54) is 41.9 Å². The lowest BCUT2D eigenvalue weighted by Gasteiger charge is -2.31. The summed E-state index contributed by atoms with van der Waals surface area (Å²) in [6.45, 7) is 2.75. The Balaban J connectivity index is 1.47. The van der Waals surface area contributed by atoms with Gasteiger partial charge in [-0.05, 0) is 55.2 Å². The van der Waals surface area contributed by atoms with Gasteiger partial charge in [-0.15, -0.1) is 11.3 Å². The summed E-state index contributed by atoms with van der Waals surface area (Å²) < 4.78 is 5.21. The van der Waals surface area contributed by atoms with E-state index in [2.05, 4.69) is 28.1 Å². The summed E-state index contributed by atoms with van der Waals surface area (Å²) in [5.74, 6) is 0.748. The highest BCUT2D eigenvalue weighted by molar-refractivity contribution is 7.13. The number of rotatable bonds is 6. The number of aromatic nitrogens is 1. The molecule has 1 saturated heterocycles. The monoisotopic (exact) mass is 421 g/mol. The molecule has 0 radical (unpaired) electrons. The Bertz CT molecular complexity index is 994. The summed E-state index contributed by atoms with van der Waals surface area (Å²) in [6.07, 6.45) is 3.77. The number of piperidine rings is 1. The molecule has 0 saturated carbocycles. The van der Waals surface area contributed by atoms with Crippen LogP contribution in [0.5, 0.6) is 5.75 Å². The number of ether oxygens (including phenoxy) is 1. The van der Waals surface area contributed by atoms with Crippen molar-refractivity contribution >= 4 is 22.9 Å². The molecule has 1 fully saturated rings. The first kappa shape index (κ1) is 20.4. The summed E-state index contributed by atoms with van der Waals surface area (Å²) in [5, 5.41) is 2.68. The quantitative estimate of drug-likeness (QED) is 0.557. The average Bonchev–Trinajstić information content (AvgIpc) is 3.30. The molecule has 0 atom stereocenters. The Morgan fingerprint density at radius 3 is 2.57 bits per heavy atom. The van der Waals surface area contributed by atoms with E-state index >= 15 is 0 Å². The van der Waals surface area contributed by atoms with Gasteiger partial charge in [-0.25, -0.2) is 4.98 Å². The van der Waals surface area contributed by atoms with Crippen LogP contribution in [0, 0.1) is 0 Å². The first-order chi connectivity index (χ1) is 14.7. The van der Waals surface area contributed by atoms with Crippen molar-refractivity contribution in [3.63, 3.8) is 0 Å². The molecule has 4 rings (SSSR count). The first-order valence-corrected chi connectivity index (χ1v) is 11.2. The molecule has 2 aromatic carbocycles. The van der Waals surface area contributed by atoms with Gasteiger partial charge in [0.2, 0.25) is 0 Å². The Morgan fingerprint density at radius 1 is 1.10 bits per heavy atom. The molecule has 0 spiro atoms. The Morgan fingerprint density at radius 2 is 1.83 bits per heavy atom. The van der Waals surface area contributed by atoms with Crippen molar-refractivity contribution in [3.8, 4) is 16.3 Å². The van der Waals surface area contributed by atoms with Crippen molar-refractivity contribution in [2.24, 2.45) is 0 Å². The van der Waals surface area contributed by atoms with E-state index in [1.54, 1.807) is 12.0 Å². The molecule has 2 heterocycles. The van der Waals surface area contributed by atoms with E-state index in [1.807, 2.05) is 42.8 Å². The van der Waals surface area contributed by atoms with E-state index in [0.29, 0.717) is 12.2 Å². The molecule has 3 aromatic rings.